The molecule has 3 aromatic rings. The molecular formula is C19H16ClN3O4S. The molecule has 0 fully saturated rings. The van der Waals surface area contributed by atoms with Gasteiger partial charge in [-0.1, -0.05) is 17.7 Å². The van der Waals surface area contributed by atoms with E-state index in [9.17, 15) is 18.4 Å². The Bertz CT molecular complexity index is 1110. The first kappa shape index (κ1) is 19.7. The van der Waals surface area contributed by atoms with Crippen molar-refractivity contribution in [1.29, 1.82) is 0 Å². The molecular weight excluding hydrogens is 402 g/mol. The quantitative estimate of drug-likeness (QED) is 0.491. The molecule has 0 spiro atoms. The molecule has 0 bridgehead atoms. The topological polar surface area (TPSA) is 102 Å². The summed E-state index contributed by atoms with van der Waals surface area (Å²) in [6, 6.07) is 13.6. The number of aromatic nitrogens is 1. The molecule has 9 heteroatoms. The van der Waals surface area contributed by atoms with Crippen LogP contribution in [-0.2, 0) is 10.0 Å². The van der Waals surface area contributed by atoms with E-state index in [1.165, 1.54) is 30.6 Å². The van der Waals surface area contributed by atoms with Gasteiger partial charge in [0, 0.05) is 28.5 Å². The predicted octanol–water partition coefficient (Wildman–Crippen LogP) is 3.33. The maximum absolute atomic E-state index is 12.8. The monoisotopic (exact) mass is 417 g/mol. The van der Waals surface area contributed by atoms with E-state index >= 15 is 0 Å². The third kappa shape index (κ3) is 4.59. The third-order valence-corrected chi connectivity index (χ3v) is 5.67. The van der Waals surface area contributed by atoms with E-state index in [0.29, 0.717) is 26.7 Å². The molecule has 1 heterocycles. The lowest BCUT2D eigenvalue weighted by atomic mass is 10.2. The first-order valence-electron chi connectivity index (χ1n) is 8.14. The molecule has 7 nitrogen and oxygen atoms in total. The fourth-order valence-corrected chi connectivity index (χ4v) is 3.92. The van der Waals surface area contributed by atoms with Crippen LogP contribution < -0.4 is 14.8 Å². The minimum Gasteiger partial charge on any atom is -0.619 e. The van der Waals surface area contributed by atoms with Crippen molar-refractivity contribution in [3.63, 3.8) is 0 Å². The minimum atomic E-state index is -3.87. The number of hydrogen-bond donors (Lipinski definition) is 2. The van der Waals surface area contributed by atoms with Crippen molar-refractivity contribution < 1.29 is 17.9 Å². The van der Waals surface area contributed by atoms with Crippen LogP contribution in [0.1, 0.15) is 15.9 Å². The first-order valence-corrected chi connectivity index (χ1v) is 10.00. The summed E-state index contributed by atoms with van der Waals surface area (Å²) >= 11 is 5.82. The minimum absolute atomic E-state index is 0.0331. The highest BCUT2D eigenvalue weighted by Crippen LogP contribution is 2.24. The molecule has 3 rings (SSSR count). The average Bonchev–Trinajstić information content (AvgIpc) is 2.65. The Morgan fingerprint density at radius 2 is 1.61 bits per heavy atom. The largest absolute Gasteiger partial charge is 0.619 e. The van der Waals surface area contributed by atoms with Crippen LogP contribution in [0.15, 0.2) is 71.9 Å². The molecule has 0 unspecified atom stereocenters. The van der Waals surface area contributed by atoms with E-state index < -0.39 is 15.9 Å². The van der Waals surface area contributed by atoms with Crippen molar-refractivity contribution in [2.45, 2.75) is 11.8 Å². The SMILES string of the molecule is Cc1ccc(NC(=O)c2cc[n+]([O-])cc2)cc1S(=O)(=O)Nc1ccc(Cl)cc1. The maximum Gasteiger partial charge on any atom is 0.262 e. The number of pyridine rings is 1. The molecule has 2 aromatic carbocycles. The van der Waals surface area contributed by atoms with Crippen LogP contribution in [0, 0.1) is 12.1 Å². The van der Waals surface area contributed by atoms with E-state index in [4.69, 9.17) is 11.6 Å². The van der Waals surface area contributed by atoms with Gasteiger partial charge in [-0.15, -0.1) is 0 Å². The fraction of sp³-hybridized carbons (Fsp3) is 0.0526. The van der Waals surface area contributed by atoms with Crippen LogP contribution in [0.4, 0.5) is 11.4 Å². The van der Waals surface area contributed by atoms with Crippen LogP contribution in [0.3, 0.4) is 0 Å². The molecule has 0 radical (unpaired) electrons. The summed E-state index contributed by atoms with van der Waals surface area (Å²) in [7, 11) is -3.87. The lowest BCUT2D eigenvalue weighted by Crippen LogP contribution is -2.25. The van der Waals surface area contributed by atoms with E-state index in [0.717, 1.165) is 0 Å². The van der Waals surface area contributed by atoms with Gasteiger partial charge in [-0.3, -0.25) is 9.52 Å². The van der Waals surface area contributed by atoms with E-state index in [1.807, 2.05) is 0 Å². The van der Waals surface area contributed by atoms with E-state index in [2.05, 4.69) is 10.0 Å². The average molecular weight is 418 g/mol. The van der Waals surface area contributed by atoms with Gasteiger partial charge in [-0.2, -0.15) is 4.73 Å². The summed E-state index contributed by atoms with van der Waals surface area (Å²) in [5.74, 6) is -0.460. The highest BCUT2D eigenvalue weighted by Gasteiger charge is 2.18. The normalized spacial score (nSPS) is 11.1. The number of nitrogens with zero attached hydrogens (tertiary/aromatic N) is 1. The van der Waals surface area contributed by atoms with Crippen molar-refractivity contribution in [3.8, 4) is 0 Å². The lowest BCUT2D eigenvalue weighted by molar-refractivity contribution is -0.605. The van der Waals surface area contributed by atoms with Gasteiger partial charge >= 0.3 is 0 Å². The Hall–Kier alpha value is -3.10. The molecule has 28 heavy (non-hydrogen) atoms. The second-order valence-corrected chi connectivity index (χ2v) is 8.08. The third-order valence-electron chi connectivity index (χ3n) is 3.90. The van der Waals surface area contributed by atoms with Gasteiger partial charge in [0.25, 0.3) is 15.9 Å². The van der Waals surface area contributed by atoms with Crippen molar-refractivity contribution in [2.75, 3.05) is 10.0 Å². The number of carbonyl (C=O) groups excluding carboxylic acids is 1. The molecule has 144 valence electrons. The number of amides is 1. The highest BCUT2D eigenvalue weighted by atomic mass is 35.5. The zero-order valence-electron chi connectivity index (χ0n) is 14.7. The molecule has 0 aliphatic rings. The second-order valence-electron chi connectivity index (χ2n) is 5.99. The molecule has 0 aliphatic heterocycles. The fourth-order valence-electron chi connectivity index (χ4n) is 2.46. The number of sulfonamides is 1. The van der Waals surface area contributed by atoms with Gasteiger partial charge in [-0.25, -0.2) is 8.42 Å². The van der Waals surface area contributed by atoms with E-state index in [-0.39, 0.29) is 10.5 Å². The van der Waals surface area contributed by atoms with Gasteiger partial charge in [0.1, 0.15) is 0 Å². The van der Waals surface area contributed by atoms with Crippen molar-refractivity contribution in [2.24, 2.45) is 0 Å². The van der Waals surface area contributed by atoms with Crippen LogP contribution in [0.25, 0.3) is 0 Å². The van der Waals surface area contributed by atoms with Crippen LogP contribution in [0.5, 0.6) is 0 Å². The number of anilines is 2. The van der Waals surface area contributed by atoms with Crippen LogP contribution in [0.2, 0.25) is 5.02 Å². The Morgan fingerprint density at radius 1 is 1.00 bits per heavy atom. The summed E-state index contributed by atoms with van der Waals surface area (Å²) in [4.78, 5) is 12.3. The Kier molecular flexibility index (Phi) is 5.53. The van der Waals surface area contributed by atoms with Gasteiger partial charge in [-0.05, 0) is 48.9 Å². The zero-order chi connectivity index (χ0) is 20.3. The number of rotatable bonds is 5. The lowest BCUT2D eigenvalue weighted by Gasteiger charge is -2.13. The molecule has 0 aliphatic carbocycles. The molecule has 0 saturated carbocycles. The number of nitrogens with one attached hydrogen (secondary N) is 2. The number of carbonyl (C=O) groups is 1. The Morgan fingerprint density at radius 3 is 2.25 bits per heavy atom. The smallest absolute Gasteiger partial charge is 0.262 e. The summed E-state index contributed by atoms with van der Waals surface area (Å²) in [5.41, 5.74) is 1.47. The molecule has 0 saturated heterocycles. The van der Waals surface area contributed by atoms with E-state index in [1.54, 1.807) is 43.3 Å². The van der Waals surface area contributed by atoms with Crippen molar-refractivity contribution in [1.82, 2.24) is 0 Å². The van der Waals surface area contributed by atoms with Crippen LogP contribution in [-0.4, -0.2) is 14.3 Å². The first-order chi connectivity index (χ1) is 13.2. The van der Waals surface area contributed by atoms with Gasteiger partial charge in [0.2, 0.25) is 0 Å². The Labute approximate surface area is 167 Å². The number of aryl methyl sites for hydroxylation is 1. The molecule has 1 aromatic heterocycles. The molecule has 0 atom stereocenters. The summed E-state index contributed by atoms with van der Waals surface area (Å²) in [5, 5.41) is 14.2. The maximum atomic E-state index is 12.8. The van der Waals surface area contributed by atoms with Crippen molar-refractivity contribution >= 4 is 38.9 Å². The van der Waals surface area contributed by atoms with Crippen LogP contribution >= 0.6 is 11.6 Å². The molecule has 2 N–H and O–H groups in total. The highest BCUT2D eigenvalue weighted by molar-refractivity contribution is 7.92. The summed E-state index contributed by atoms with van der Waals surface area (Å²) < 4.78 is 28.6. The molecule has 1 amide bonds. The number of benzene rings is 2. The number of halogens is 1. The zero-order valence-corrected chi connectivity index (χ0v) is 16.3. The summed E-state index contributed by atoms with van der Waals surface area (Å²) in [6.45, 7) is 1.66. The Balaban J connectivity index is 1.85. The second kappa shape index (κ2) is 7.87. The van der Waals surface area contributed by atoms with Gasteiger partial charge < -0.3 is 10.5 Å². The van der Waals surface area contributed by atoms with Gasteiger partial charge in [0.05, 0.1) is 10.5 Å². The standard InChI is InChI=1S/C19H16ClN3O4S/c1-13-2-5-17(21-19(24)14-8-10-23(25)11-9-14)12-18(13)28(26,27)22-16-6-3-15(20)4-7-16/h2-12,22H,1H3,(H,21,24). The van der Waals surface area contributed by atoms with Gasteiger partial charge in [0.15, 0.2) is 12.4 Å². The number of hydrogen-bond acceptors (Lipinski definition) is 4. The summed E-state index contributed by atoms with van der Waals surface area (Å²) in [6.07, 6.45) is 2.41. The predicted molar refractivity (Wildman–Crippen MR) is 107 cm³/mol. The van der Waals surface area contributed by atoms with Crippen molar-refractivity contribution in [3.05, 3.63) is 88.3 Å².